The van der Waals surface area contributed by atoms with Crippen LogP contribution in [0, 0.1) is 0 Å². The lowest BCUT2D eigenvalue weighted by Gasteiger charge is -2.35. The van der Waals surface area contributed by atoms with Gasteiger partial charge >= 0.3 is 5.92 Å². The molecule has 1 saturated carbocycles. The molecular formula is C26H33F2N7O4. The number of hydrazine groups is 1. The number of hydrogen-bond acceptors (Lipinski definition) is 9. The standard InChI is InChI=1S/C26H33F2N7O4/c1-33-20-15-29-25(31-22(20)35(16-26(27,28)24(33)37)18-6-4-3-5-7-18)30-19-9-8-17(14-21(19)38-2)23(36)32-34-10-12-39-13-11-34/h8-9,14-15,18H,3-7,10-13,16H2,1-2H3,(H,32,36)(H,29,30,31). The predicted molar refractivity (Wildman–Crippen MR) is 141 cm³/mol. The first-order valence-electron chi connectivity index (χ1n) is 13.2. The highest BCUT2D eigenvalue weighted by Crippen LogP contribution is 2.39. The van der Waals surface area contributed by atoms with E-state index >= 15 is 0 Å². The molecule has 13 heteroatoms. The molecule has 0 unspecified atom stereocenters. The van der Waals surface area contributed by atoms with E-state index in [4.69, 9.17) is 9.47 Å². The van der Waals surface area contributed by atoms with Gasteiger partial charge < -0.3 is 24.6 Å². The predicted octanol–water partition coefficient (Wildman–Crippen LogP) is 2.96. The van der Waals surface area contributed by atoms with Gasteiger partial charge in [0, 0.05) is 31.7 Å². The third kappa shape index (κ3) is 5.74. The molecule has 11 nitrogen and oxygen atoms in total. The highest BCUT2D eigenvalue weighted by atomic mass is 19.3. The van der Waals surface area contributed by atoms with Crippen molar-refractivity contribution in [2.24, 2.45) is 0 Å². The van der Waals surface area contributed by atoms with Crippen LogP contribution in [0.25, 0.3) is 0 Å². The van der Waals surface area contributed by atoms with Crippen LogP contribution in [0.5, 0.6) is 5.75 Å². The highest BCUT2D eigenvalue weighted by Gasteiger charge is 2.48. The molecule has 2 N–H and O–H groups in total. The topological polar surface area (TPSA) is 112 Å². The van der Waals surface area contributed by atoms with Crippen LogP contribution < -0.4 is 25.3 Å². The largest absolute Gasteiger partial charge is 0.495 e. The number of alkyl halides is 2. The van der Waals surface area contributed by atoms with E-state index in [1.165, 1.54) is 20.4 Å². The lowest BCUT2D eigenvalue weighted by Crippen LogP contribution is -2.49. The molecule has 210 valence electrons. The summed E-state index contributed by atoms with van der Waals surface area (Å²) in [6.07, 6.45) is 5.82. The Labute approximate surface area is 225 Å². The average Bonchev–Trinajstić information content (AvgIpc) is 3.03. The number of rotatable bonds is 6. The maximum atomic E-state index is 14.9. The maximum absolute atomic E-state index is 14.9. The Balaban J connectivity index is 1.41. The summed E-state index contributed by atoms with van der Waals surface area (Å²) in [7, 11) is 2.80. The minimum atomic E-state index is -3.55. The number of aromatic nitrogens is 2. The first-order chi connectivity index (χ1) is 18.8. The van der Waals surface area contributed by atoms with Crippen molar-refractivity contribution in [3.8, 4) is 5.75 Å². The molecule has 0 spiro atoms. The molecule has 1 aliphatic carbocycles. The third-order valence-electron chi connectivity index (χ3n) is 7.37. The van der Waals surface area contributed by atoms with Gasteiger partial charge in [-0.05, 0) is 31.0 Å². The lowest BCUT2D eigenvalue weighted by atomic mass is 9.94. The fourth-order valence-electron chi connectivity index (χ4n) is 5.22. The van der Waals surface area contributed by atoms with E-state index in [9.17, 15) is 18.4 Å². The molecule has 0 atom stereocenters. The molecule has 0 bridgehead atoms. The van der Waals surface area contributed by atoms with E-state index in [0.29, 0.717) is 43.3 Å². The van der Waals surface area contributed by atoms with Crippen molar-refractivity contribution >= 4 is 35.0 Å². The summed E-state index contributed by atoms with van der Waals surface area (Å²) < 4.78 is 40.7. The summed E-state index contributed by atoms with van der Waals surface area (Å²) in [5.74, 6) is -4.29. The zero-order valence-electron chi connectivity index (χ0n) is 22.1. The van der Waals surface area contributed by atoms with E-state index in [1.807, 2.05) is 0 Å². The van der Waals surface area contributed by atoms with Gasteiger partial charge in [-0.25, -0.2) is 9.99 Å². The minimum absolute atomic E-state index is 0.149. The van der Waals surface area contributed by atoms with Gasteiger partial charge in [-0.15, -0.1) is 0 Å². The summed E-state index contributed by atoms with van der Waals surface area (Å²) in [6.45, 7) is 1.56. The normalized spacial score (nSPS) is 20.3. The van der Waals surface area contributed by atoms with Gasteiger partial charge in [-0.2, -0.15) is 13.8 Å². The van der Waals surface area contributed by atoms with Crippen LogP contribution in [0.1, 0.15) is 42.5 Å². The number of nitrogens with zero attached hydrogens (tertiary/aromatic N) is 5. The van der Waals surface area contributed by atoms with Crippen LogP contribution in [0.3, 0.4) is 0 Å². The average molecular weight is 546 g/mol. The minimum Gasteiger partial charge on any atom is -0.495 e. The van der Waals surface area contributed by atoms with E-state index in [2.05, 4.69) is 20.7 Å². The monoisotopic (exact) mass is 545 g/mol. The molecule has 0 radical (unpaired) electrons. The number of amides is 2. The molecule has 3 heterocycles. The zero-order valence-corrected chi connectivity index (χ0v) is 22.1. The molecule has 2 amide bonds. The van der Waals surface area contributed by atoms with Crippen molar-refractivity contribution in [1.82, 2.24) is 20.4 Å². The molecule has 1 aromatic heterocycles. The Morgan fingerprint density at radius 3 is 2.64 bits per heavy atom. The molecule has 1 saturated heterocycles. The number of nitrogens with one attached hydrogen (secondary N) is 2. The van der Waals surface area contributed by atoms with Gasteiger partial charge in [0.1, 0.15) is 11.4 Å². The van der Waals surface area contributed by atoms with Crippen LogP contribution in [0.15, 0.2) is 24.4 Å². The number of carbonyl (C=O) groups is 2. The van der Waals surface area contributed by atoms with Crippen molar-refractivity contribution in [3.63, 3.8) is 0 Å². The van der Waals surface area contributed by atoms with Crippen molar-refractivity contribution in [2.75, 3.05) is 62.1 Å². The van der Waals surface area contributed by atoms with Crippen molar-refractivity contribution in [1.29, 1.82) is 0 Å². The Hall–Kier alpha value is -3.58. The Kier molecular flexibility index (Phi) is 7.80. The quantitative estimate of drug-likeness (QED) is 0.566. The van der Waals surface area contributed by atoms with E-state index < -0.39 is 18.4 Å². The number of methoxy groups -OCH3 is 1. The van der Waals surface area contributed by atoms with Gasteiger partial charge in [0.25, 0.3) is 11.8 Å². The fraction of sp³-hybridized carbons (Fsp3) is 0.538. The number of fused-ring (bicyclic) bond motifs is 1. The summed E-state index contributed by atoms with van der Waals surface area (Å²) in [5.41, 5.74) is 3.99. The van der Waals surface area contributed by atoms with Gasteiger partial charge in [0.05, 0.1) is 38.8 Å². The number of benzene rings is 1. The molecule has 2 fully saturated rings. The van der Waals surface area contributed by atoms with E-state index in [1.54, 1.807) is 28.1 Å². The van der Waals surface area contributed by atoms with Gasteiger partial charge in [0.2, 0.25) is 5.95 Å². The van der Waals surface area contributed by atoms with Crippen molar-refractivity contribution in [3.05, 3.63) is 30.0 Å². The zero-order chi connectivity index (χ0) is 27.6. The summed E-state index contributed by atoms with van der Waals surface area (Å²) in [5, 5.41) is 4.89. The SMILES string of the molecule is COc1cc(C(=O)NN2CCOCC2)ccc1Nc1ncc2c(n1)N(C1CCCCC1)CC(F)(F)C(=O)N2C. The van der Waals surface area contributed by atoms with Crippen LogP contribution in [0.4, 0.5) is 31.9 Å². The molecule has 2 aliphatic heterocycles. The summed E-state index contributed by atoms with van der Waals surface area (Å²) in [6, 6.07) is 4.77. The molecular weight excluding hydrogens is 512 g/mol. The molecule has 3 aliphatic rings. The lowest BCUT2D eigenvalue weighted by molar-refractivity contribution is -0.140. The van der Waals surface area contributed by atoms with Crippen molar-refractivity contribution in [2.45, 2.75) is 44.1 Å². The van der Waals surface area contributed by atoms with Gasteiger partial charge in [-0.3, -0.25) is 15.0 Å². The van der Waals surface area contributed by atoms with Crippen LogP contribution in [-0.4, -0.2) is 85.8 Å². The van der Waals surface area contributed by atoms with Gasteiger partial charge in [-0.1, -0.05) is 19.3 Å². The number of carbonyl (C=O) groups excluding carboxylic acids is 2. The number of morpholine rings is 1. The van der Waals surface area contributed by atoms with Crippen molar-refractivity contribution < 1.29 is 27.8 Å². The second-order valence-corrected chi connectivity index (χ2v) is 9.97. The van der Waals surface area contributed by atoms with Crippen LogP contribution in [0.2, 0.25) is 0 Å². The number of halogens is 2. The summed E-state index contributed by atoms with van der Waals surface area (Å²) >= 11 is 0. The first kappa shape index (κ1) is 27.0. The Bertz CT molecular complexity index is 1220. The van der Waals surface area contributed by atoms with E-state index in [-0.39, 0.29) is 29.4 Å². The maximum Gasteiger partial charge on any atom is 0.342 e. The fourth-order valence-corrected chi connectivity index (χ4v) is 5.22. The Morgan fingerprint density at radius 1 is 1.18 bits per heavy atom. The molecule has 2 aromatic rings. The number of hydrogen-bond donors (Lipinski definition) is 2. The van der Waals surface area contributed by atoms with E-state index in [0.717, 1.165) is 37.0 Å². The number of ether oxygens (including phenoxy) is 2. The summed E-state index contributed by atoms with van der Waals surface area (Å²) in [4.78, 5) is 36.7. The van der Waals surface area contributed by atoms with Crippen LogP contribution in [-0.2, 0) is 9.53 Å². The number of anilines is 4. The highest BCUT2D eigenvalue weighted by molar-refractivity contribution is 6.02. The van der Waals surface area contributed by atoms with Crippen LogP contribution >= 0.6 is 0 Å². The second kappa shape index (κ2) is 11.3. The van der Waals surface area contributed by atoms with Gasteiger partial charge in [0.15, 0.2) is 5.82 Å². The third-order valence-corrected chi connectivity index (χ3v) is 7.37. The first-order valence-corrected chi connectivity index (χ1v) is 13.2. The molecule has 5 rings (SSSR count). The molecule has 1 aromatic carbocycles. The molecule has 39 heavy (non-hydrogen) atoms. The second-order valence-electron chi connectivity index (χ2n) is 9.97. The Morgan fingerprint density at radius 2 is 1.92 bits per heavy atom. The smallest absolute Gasteiger partial charge is 0.342 e.